The summed E-state index contributed by atoms with van der Waals surface area (Å²) >= 11 is 1.53. The van der Waals surface area contributed by atoms with Crippen LogP contribution in [0.25, 0.3) is 27.8 Å². The lowest BCUT2D eigenvalue weighted by Crippen LogP contribution is -2.19. The number of nitrogens with zero attached hydrogens (tertiary/aromatic N) is 3. The van der Waals surface area contributed by atoms with Gasteiger partial charge in [-0.2, -0.15) is 9.78 Å². The van der Waals surface area contributed by atoms with E-state index in [2.05, 4.69) is 20.4 Å². The van der Waals surface area contributed by atoms with E-state index in [1.807, 2.05) is 79.9 Å². The van der Waals surface area contributed by atoms with E-state index >= 15 is 0 Å². The van der Waals surface area contributed by atoms with Gasteiger partial charge in [-0.1, -0.05) is 53.6 Å². The summed E-state index contributed by atoms with van der Waals surface area (Å²) in [6, 6.07) is 22.2. The maximum absolute atomic E-state index is 13.1. The molecule has 0 aliphatic heterocycles. The van der Waals surface area contributed by atoms with Crippen molar-refractivity contribution in [3.05, 3.63) is 105 Å². The van der Waals surface area contributed by atoms with Crippen molar-refractivity contribution in [3.8, 4) is 27.8 Å². The minimum atomic E-state index is -0.316. The molecule has 0 saturated heterocycles. The zero-order valence-electron chi connectivity index (χ0n) is 18.6. The highest BCUT2D eigenvalue weighted by atomic mass is 32.1. The SMILES string of the molecule is Cc1cc(C)cc(C(=O)Nc2cc(-c3cccs3)nn2-c2nc(-c3ccccc3)cc(=O)[nH]2)c1. The van der Waals surface area contributed by atoms with Crippen molar-refractivity contribution in [2.24, 2.45) is 0 Å². The molecule has 3 aromatic heterocycles. The molecule has 0 bridgehead atoms. The van der Waals surface area contributed by atoms with Gasteiger partial charge < -0.3 is 5.32 Å². The first-order valence-corrected chi connectivity index (χ1v) is 11.5. The van der Waals surface area contributed by atoms with E-state index in [-0.39, 0.29) is 17.4 Å². The molecule has 0 saturated carbocycles. The first-order chi connectivity index (χ1) is 16.5. The Balaban J connectivity index is 1.60. The number of rotatable bonds is 5. The highest BCUT2D eigenvalue weighted by molar-refractivity contribution is 7.13. The summed E-state index contributed by atoms with van der Waals surface area (Å²) in [6.45, 7) is 3.90. The van der Waals surface area contributed by atoms with Gasteiger partial charge in [-0.15, -0.1) is 11.3 Å². The van der Waals surface area contributed by atoms with E-state index < -0.39 is 0 Å². The Morgan fingerprint density at radius 1 is 0.941 bits per heavy atom. The number of H-pyrrole nitrogens is 1. The number of hydrogen-bond donors (Lipinski definition) is 2. The van der Waals surface area contributed by atoms with Crippen LogP contribution < -0.4 is 10.9 Å². The van der Waals surface area contributed by atoms with Gasteiger partial charge in [0.25, 0.3) is 11.5 Å². The van der Waals surface area contributed by atoms with Crippen LogP contribution >= 0.6 is 11.3 Å². The summed E-state index contributed by atoms with van der Waals surface area (Å²) in [5.74, 6) is 0.345. The molecule has 5 rings (SSSR count). The Morgan fingerprint density at radius 3 is 2.41 bits per heavy atom. The molecule has 1 amide bonds. The number of benzene rings is 2. The Labute approximate surface area is 199 Å². The number of aryl methyl sites for hydroxylation is 2. The Hall–Kier alpha value is -4.30. The maximum atomic E-state index is 13.1. The second-order valence-corrected chi connectivity index (χ2v) is 8.90. The number of amides is 1. The van der Waals surface area contributed by atoms with Crippen LogP contribution in [-0.4, -0.2) is 25.7 Å². The van der Waals surface area contributed by atoms with Crippen molar-refractivity contribution in [3.63, 3.8) is 0 Å². The summed E-state index contributed by atoms with van der Waals surface area (Å²) < 4.78 is 1.46. The molecule has 3 heterocycles. The molecule has 0 aliphatic rings. The molecule has 0 fully saturated rings. The number of aromatic nitrogens is 4. The fourth-order valence-electron chi connectivity index (χ4n) is 3.77. The highest BCUT2D eigenvalue weighted by Gasteiger charge is 2.18. The number of anilines is 1. The first kappa shape index (κ1) is 21.5. The Morgan fingerprint density at radius 2 is 1.71 bits per heavy atom. The lowest BCUT2D eigenvalue weighted by molar-refractivity contribution is 0.102. The summed E-state index contributed by atoms with van der Waals surface area (Å²) in [4.78, 5) is 33.9. The number of nitrogens with one attached hydrogen (secondary N) is 2. The van der Waals surface area contributed by atoms with Gasteiger partial charge in [0.1, 0.15) is 11.5 Å². The molecule has 5 aromatic rings. The molecule has 168 valence electrons. The van der Waals surface area contributed by atoms with Crippen LogP contribution in [0.4, 0.5) is 5.82 Å². The molecule has 0 spiro atoms. The fraction of sp³-hybridized carbons (Fsp3) is 0.0769. The minimum absolute atomic E-state index is 0.213. The van der Waals surface area contributed by atoms with E-state index in [9.17, 15) is 9.59 Å². The van der Waals surface area contributed by atoms with Crippen LogP contribution in [0.1, 0.15) is 21.5 Å². The average molecular weight is 468 g/mol. The topological polar surface area (TPSA) is 92.7 Å². The third kappa shape index (κ3) is 4.44. The molecule has 0 aliphatic carbocycles. The molecule has 0 radical (unpaired) electrons. The lowest BCUT2D eigenvalue weighted by atomic mass is 10.1. The van der Waals surface area contributed by atoms with Gasteiger partial charge in [-0.25, -0.2) is 4.98 Å². The lowest BCUT2D eigenvalue weighted by Gasteiger charge is -2.10. The van der Waals surface area contributed by atoms with E-state index in [0.717, 1.165) is 21.6 Å². The van der Waals surface area contributed by atoms with E-state index in [1.165, 1.54) is 22.1 Å². The number of hydrogen-bond acceptors (Lipinski definition) is 5. The van der Waals surface area contributed by atoms with Gasteiger partial charge in [0, 0.05) is 23.3 Å². The normalized spacial score (nSPS) is 10.9. The van der Waals surface area contributed by atoms with E-state index in [1.54, 1.807) is 6.07 Å². The second kappa shape index (κ2) is 8.92. The fourth-order valence-corrected chi connectivity index (χ4v) is 4.45. The zero-order valence-corrected chi connectivity index (χ0v) is 19.4. The standard InChI is InChI=1S/C26H21N5O2S/c1-16-11-17(2)13-19(12-16)25(33)28-23-14-21(22-9-6-10-34-22)30-31(23)26-27-20(15-24(32)29-26)18-7-4-3-5-8-18/h3-15H,1-2H3,(H,28,33)(H,27,29,32). The maximum Gasteiger partial charge on any atom is 0.256 e. The van der Waals surface area contributed by atoms with Gasteiger partial charge in [0.15, 0.2) is 0 Å². The first-order valence-electron chi connectivity index (χ1n) is 10.7. The molecule has 34 heavy (non-hydrogen) atoms. The Bertz CT molecular complexity index is 1520. The largest absolute Gasteiger partial charge is 0.306 e. The summed E-state index contributed by atoms with van der Waals surface area (Å²) in [7, 11) is 0. The monoisotopic (exact) mass is 467 g/mol. The minimum Gasteiger partial charge on any atom is -0.306 e. The van der Waals surface area contributed by atoms with Crippen LogP contribution in [0.3, 0.4) is 0 Å². The zero-order chi connectivity index (χ0) is 23.7. The molecule has 0 unspecified atom stereocenters. The van der Waals surface area contributed by atoms with Crippen LogP contribution in [0.15, 0.2) is 83.0 Å². The van der Waals surface area contributed by atoms with Crippen molar-refractivity contribution in [1.82, 2.24) is 19.7 Å². The molecule has 8 heteroatoms. The quantitative estimate of drug-likeness (QED) is 0.371. The van der Waals surface area contributed by atoms with Crippen LogP contribution in [0.5, 0.6) is 0 Å². The smallest absolute Gasteiger partial charge is 0.256 e. The number of carbonyl (C=O) groups excluding carboxylic acids is 1. The third-order valence-corrected chi connectivity index (χ3v) is 6.10. The van der Waals surface area contributed by atoms with Gasteiger partial charge in [0.05, 0.1) is 10.6 Å². The van der Waals surface area contributed by atoms with Crippen molar-refractivity contribution >= 4 is 23.1 Å². The molecule has 7 nitrogen and oxygen atoms in total. The van der Waals surface area contributed by atoms with E-state index in [4.69, 9.17) is 0 Å². The molecular formula is C26H21N5O2S. The Kier molecular flexibility index (Phi) is 5.65. The molecule has 2 aromatic carbocycles. The summed E-state index contributed by atoms with van der Waals surface area (Å²) in [6.07, 6.45) is 0. The highest BCUT2D eigenvalue weighted by Crippen LogP contribution is 2.28. The van der Waals surface area contributed by atoms with Crippen molar-refractivity contribution in [1.29, 1.82) is 0 Å². The predicted molar refractivity (Wildman–Crippen MR) is 135 cm³/mol. The molecule has 2 N–H and O–H groups in total. The van der Waals surface area contributed by atoms with Gasteiger partial charge >= 0.3 is 0 Å². The predicted octanol–water partition coefficient (Wildman–Crippen LogP) is 5.22. The second-order valence-electron chi connectivity index (χ2n) is 7.95. The van der Waals surface area contributed by atoms with Gasteiger partial charge in [-0.05, 0) is 37.4 Å². The van der Waals surface area contributed by atoms with Crippen molar-refractivity contribution < 1.29 is 4.79 Å². The third-order valence-electron chi connectivity index (χ3n) is 5.21. The van der Waals surface area contributed by atoms with Crippen LogP contribution in [-0.2, 0) is 0 Å². The number of carbonyl (C=O) groups is 1. The summed E-state index contributed by atoms with van der Waals surface area (Å²) in [5.41, 5.74) is 4.21. The van der Waals surface area contributed by atoms with E-state index in [0.29, 0.717) is 22.8 Å². The number of thiophene rings is 1. The van der Waals surface area contributed by atoms with Crippen molar-refractivity contribution in [2.45, 2.75) is 13.8 Å². The number of aromatic amines is 1. The summed E-state index contributed by atoms with van der Waals surface area (Å²) in [5, 5.41) is 9.56. The van der Waals surface area contributed by atoms with Crippen LogP contribution in [0.2, 0.25) is 0 Å². The van der Waals surface area contributed by atoms with Crippen LogP contribution in [0, 0.1) is 13.8 Å². The average Bonchev–Trinajstić information content (AvgIpc) is 3.49. The van der Waals surface area contributed by atoms with Crippen molar-refractivity contribution in [2.75, 3.05) is 5.32 Å². The van der Waals surface area contributed by atoms with Gasteiger partial charge in [0.2, 0.25) is 5.95 Å². The van der Waals surface area contributed by atoms with Gasteiger partial charge in [-0.3, -0.25) is 14.6 Å². The molecule has 0 atom stereocenters. The molecular weight excluding hydrogens is 446 g/mol.